The fourth-order valence-electron chi connectivity index (χ4n) is 7.15. The minimum Gasteiger partial charge on any atom is -0.309 e. The van der Waals surface area contributed by atoms with Crippen LogP contribution in [-0.2, 0) is 0 Å². The highest BCUT2D eigenvalue weighted by atomic mass is 32.1. The molecule has 0 aliphatic carbocycles. The predicted molar refractivity (Wildman–Crippen MR) is 217 cm³/mol. The smallest absolute Gasteiger partial charge is 0.174 e. The van der Waals surface area contributed by atoms with Crippen molar-refractivity contribution in [2.45, 2.75) is 0 Å². The van der Waals surface area contributed by atoms with Crippen molar-refractivity contribution in [1.82, 2.24) is 19.5 Å². The molecule has 0 saturated carbocycles. The lowest BCUT2D eigenvalue weighted by Crippen LogP contribution is -2.00. The molecule has 0 saturated heterocycles. The summed E-state index contributed by atoms with van der Waals surface area (Å²) in [5.74, 6) is 1.96. The van der Waals surface area contributed by atoms with Crippen LogP contribution in [0.15, 0.2) is 182 Å². The second kappa shape index (κ2) is 12.6. The van der Waals surface area contributed by atoms with Gasteiger partial charge in [-0.3, -0.25) is 0 Å². The van der Waals surface area contributed by atoms with Gasteiger partial charge in [-0.25, -0.2) is 15.0 Å². The quantitative estimate of drug-likeness (QED) is 0.175. The topological polar surface area (TPSA) is 43.6 Å². The summed E-state index contributed by atoms with van der Waals surface area (Å²) >= 11 is 1.71. The number of aromatic nitrogens is 4. The highest BCUT2D eigenvalue weighted by molar-refractivity contribution is 7.22. The zero-order valence-electron chi connectivity index (χ0n) is 28.0. The van der Waals surface area contributed by atoms with Gasteiger partial charge in [0.2, 0.25) is 0 Å². The van der Waals surface area contributed by atoms with Gasteiger partial charge in [-0.05, 0) is 82.2 Å². The molecule has 52 heavy (non-hydrogen) atoms. The van der Waals surface area contributed by atoms with Gasteiger partial charge in [0, 0.05) is 32.3 Å². The van der Waals surface area contributed by atoms with Gasteiger partial charge in [0.05, 0.1) is 15.9 Å². The minimum atomic E-state index is 0.639. The molecule has 3 heterocycles. The van der Waals surface area contributed by atoms with Gasteiger partial charge >= 0.3 is 0 Å². The fraction of sp³-hybridized carbons (Fsp3) is 0. The van der Waals surface area contributed by atoms with Gasteiger partial charge in [0.15, 0.2) is 17.5 Å². The highest BCUT2D eigenvalue weighted by Gasteiger charge is 2.18. The Labute approximate surface area is 305 Å². The third-order valence-corrected chi connectivity index (χ3v) is 10.7. The van der Waals surface area contributed by atoms with Gasteiger partial charge in [-0.2, -0.15) is 0 Å². The summed E-state index contributed by atoms with van der Waals surface area (Å²) < 4.78 is 3.57. The zero-order valence-corrected chi connectivity index (χ0v) is 28.8. The van der Waals surface area contributed by atoms with Gasteiger partial charge in [-0.1, -0.05) is 127 Å². The number of thiophene rings is 1. The second-order valence-electron chi connectivity index (χ2n) is 12.9. The molecule has 0 aliphatic rings. The Balaban J connectivity index is 1.20. The summed E-state index contributed by atoms with van der Waals surface area (Å²) in [6.07, 6.45) is 0. The van der Waals surface area contributed by atoms with Crippen molar-refractivity contribution in [2.24, 2.45) is 0 Å². The van der Waals surface area contributed by atoms with E-state index in [4.69, 9.17) is 15.0 Å². The van der Waals surface area contributed by atoms with E-state index < -0.39 is 0 Å². The van der Waals surface area contributed by atoms with E-state index in [9.17, 15) is 0 Å². The Morgan fingerprint density at radius 2 is 0.942 bits per heavy atom. The average Bonchev–Trinajstić information content (AvgIpc) is 3.81. The molecule has 3 aromatic heterocycles. The van der Waals surface area contributed by atoms with Crippen LogP contribution in [0.4, 0.5) is 0 Å². The molecule has 0 bridgehead atoms. The normalized spacial score (nSPS) is 11.5. The fourth-order valence-corrected chi connectivity index (χ4v) is 8.15. The number of para-hydroxylation sites is 2. The van der Waals surface area contributed by atoms with Crippen LogP contribution in [0.2, 0.25) is 0 Å². The van der Waals surface area contributed by atoms with Crippen LogP contribution in [0.3, 0.4) is 0 Å². The van der Waals surface area contributed by atoms with Gasteiger partial charge in [0.25, 0.3) is 0 Å². The average molecular weight is 683 g/mol. The predicted octanol–water partition coefficient (Wildman–Crippen LogP) is 12.5. The van der Waals surface area contributed by atoms with Crippen LogP contribution in [0.25, 0.3) is 93.3 Å². The molecular formula is C47H30N4S. The van der Waals surface area contributed by atoms with E-state index in [0.29, 0.717) is 17.5 Å². The maximum atomic E-state index is 5.18. The van der Waals surface area contributed by atoms with E-state index in [2.05, 4.69) is 168 Å². The molecule has 0 amide bonds. The maximum Gasteiger partial charge on any atom is 0.174 e. The van der Waals surface area contributed by atoms with Crippen molar-refractivity contribution in [1.29, 1.82) is 0 Å². The molecular weight excluding hydrogens is 653 g/mol. The Hall–Kier alpha value is -6.69. The Kier molecular flexibility index (Phi) is 7.29. The van der Waals surface area contributed by atoms with Crippen LogP contribution >= 0.6 is 11.3 Å². The van der Waals surface area contributed by atoms with Gasteiger partial charge in [0.1, 0.15) is 0 Å². The van der Waals surface area contributed by atoms with E-state index in [1.54, 1.807) is 11.3 Å². The summed E-state index contributed by atoms with van der Waals surface area (Å²) in [5.41, 5.74) is 9.81. The Bertz CT molecular complexity index is 2860. The first-order chi connectivity index (χ1) is 25.7. The largest absolute Gasteiger partial charge is 0.309 e. The number of nitrogens with zero attached hydrogens (tertiary/aromatic N) is 4. The van der Waals surface area contributed by atoms with Crippen molar-refractivity contribution in [2.75, 3.05) is 0 Å². The lowest BCUT2D eigenvalue weighted by Gasteiger charge is -2.13. The first-order valence-electron chi connectivity index (χ1n) is 17.4. The molecule has 4 nitrogen and oxygen atoms in total. The third kappa shape index (κ3) is 5.36. The van der Waals surface area contributed by atoms with Crippen LogP contribution in [0.1, 0.15) is 0 Å². The summed E-state index contributed by atoms with van der Waals surface area (Å²) in [5, 5.41) is 3.64. The Morgan fingerprint density at radius 3 is 1.71 bits per heavy atom. The highest BCUT2D eigenvalue weighted by Crippen LogP contribution is 2.38. The number of benzene rings is 7. The van der Waals surface area contributed by atoms with E-state index in [-0.39, 0.29) is 0 Å². The maximum absolute atomic E-state index is 5.18. The molecule has 0 N–H and O–H groups in total. The zero-order chi connectivity index (χ0) is 34.4. The summed E-state index contributed by atoms with van der Waals surface area (Å²) in [6, 6.07) is 64.1. The molecule has 10 aromatic rings. The third-order valence-electron chi connectivity index (χ3n) is 9.63. The number of fused-ring (bicyclic) bond motifs is 4. The molecule has 5 heteroatoms. The molecule has 0 fully saturated rings. The monoisotopic (exact) mass is 682 g/mol. The molecule has 244 valence electrons. The van der Waals surface area contributed by atoms with E-state index in [1.807, 2.05) is 18.2 Å². The molecule has 0 radical (unpaired) electrons. The second-order valence-corrected chi connectivity index (χ2v) is 14.0. The van der Waals surface area contributed by atoms with Crippen molar-refractivity contribution < 1.29 is 0 Å². The first-order valence-corrected chi connectivity index (χ1v) is 18.2. The lowest BCUT2D eigenvalue weighted by molar-refractivity contribution is 1.08. The number of rotatable bonds is 6. The molecule has 0 unspecified atom stereocenters. The number of hydrogen-bond donors (Lipinski definition) is 0. The molecule has 10 rings (SSSR count). The van der Waals surface area contributed by atoms with Crippen molar-refractivity contribution in [3.8, 4) is 61.4 Å². The number of hydrogen-bond acceptors (Lipinski definition) is 4. The van der Waals surface area contributed by atoms with E-state index in [0.717, 1.165) is 49.5 Å². The molecule has 0 spiro atoms. The van der Waals surface area contributed by atoms with Crippen LogP contribution < -0.4 is 0 Å². The van der Waals surface area contributed by atoms with Gasteiger partial charge < -0.3 is 4.57 Å². The van der Waals surface area contributed by atoms with Crippen LogP contribution in [0.5, 0.6) is 0 Å². The summed E-state index contributed by atoms with van der Waals surface area (Å²) in [6.45, 7) is 0. The summed E-state index contributed by atoms with van der Waals surface area (Å²) in [4.78, 5) is 16.4. The molecule has 7 aromatic carbocycles. The van der Waals surface area contributed by atoms with Crippen LogP contribution in [-0.4, -0.2) is 19.5 Å². The first kappa shape index (κ1) is 30.2. The van der Waals surface area contributed by atoms with Crippen LogP contribution in [0, 0.1) is 0 Å². The summed E-state index contributed by atoms with van der Waals surface area (Å²) in [7, 11) is 0. The molecule has 0 aliphatic heterocycles. The molecule has 0 atom stereocenters. The van der Waals surface area contributed by atoms with Crippen molar-refractivity contribution in [3.63, 3.8) is 0 Å². The Morgan fingerprint density at radius 1 is 0.365 bits per heavy atom. The minimum absolute atomic E-state index is 0.639. The van der Waals surface area contributed by atoms with Gasteiger partial charge in [-0.15, -0.1) is 11.3 Å². The van der Waals surface area contributed by atoms with E-state index in [1.165, 1.54) is 26.4 Å². The lowest BCUT2D eigenvalue weighted by atomic mass is 9.95. The van der Waals surface area contributed by atoms with E-state index >= 15 is 0 Å². The SMILES string of the molecule is c1ccc(-c2cc(-c3ccc4c5ccccc5n(-c5ccccc5)c4c3)cc(-c3nc(-c4ccccc4)nc(-c4cc5ccccc5s4)n3)c2)cc1. The van der Waals surface area contributed by atoms with Crippen molar-refractivity contribution >= 4 is 43.2 Å². The van der Waals surface area contributed by atoms with Crippen molar-refractivity contribution in [3.05, 3.63) is 182 Å². The standard InChI is InChI=1S/C47H30N4S/c1-4-14-31(15-5-1)35-26-36(33-24-25-40-39-21-11-12-22-41(39)51(42(40)29-33)38-19-8-3-9-20-38)28-37(27-35)46-48-45(32-16-6-2-7-17-32)49-47(50-46)44-30-34-18-10-13-23-43(34)52-44/h1-30H.